The predicted octanol–water partition coefficient (Wildman–Crippen LogP) is 3.31. The zero-order valence-electron chi connectivity index (χ0n) is 10.1. The first-order valence-corrected chi connectivity index (χ1v) is 6.56. The van der Waals surface area contributed by atoms with E-state index in [1.165, 1.54) is 16.7 Å². The van der Waals surface area contributed by atoms with Gasteiger partial charge in [-0.3, -0.25) is 0 Å². The van der Waals surface area contributed by atoms with Crippen LogP contribution in [-0.4, -0.2) is 7.11 Å². The van der Waals surface area contributed by atoms with E-state index in [0.717, 1.165) is 12.2 Å². The van der Waals surface area contributed by atoms with Gasteiger partial charge in [-0.05, 0) is 52.9 Å². The topological polar surface area (TPSA) is 35.2 Å². The van der Waals surface area contributed by atoms with Crippen molar-refractivity contribution in [3.63, 3.8) is 0 Å². The van der Waals surface area contributed by atoms with Gasteiger partial charge < -0.3 is 10.5 Å². The molecule has 0 bridgehead atoms. The van der Waals surface area contributed by atoms with Crippen LogP contribution >= 0.6 is 11.3 Å². The lowest BCUT2D eigenvalue weighted by atomic mass is 9.99. The second-order valence-corrected chi connectivity index (χ2v) is 4.92. The molecule has 0 amide bonds. The van der Waals surface area contributed by atoms with Crippen molar-refractivity contribution < 1.29 is 4.74 Å². The molecule has 1 unspecified atom stereocenters. The molecule has 1 atom stereocenters. The maximum atomic E-state index is 6.23. The van der Waals surface area contributed by atoms with E-state index < -0.39 is 0 Å². The van der Waals surface area contributed by atoms with Gasteiger partial charge in [0.25, 0.3) is 0 Å². The van der Waals surface area contributed by atoms with E-state index in [1.54, 1.807) is 18.4 Å². The fourth-order valence-electron chi connectivity index (χ4n) is 1.91. The van der Waals surface area contributed by atoms with Crippen LogP contribution in [0, 0.1) is 6.92 Å². The monoisotopic (exact) mass is 247 g/mol. The molecule has 0 saturated carbocycles. The lowest BCUT2D eigenvalue weighted by Crippen LogP contribution is -2.13. The van der Waals surface area contributed by atoms with E-state index >= 15 is 0 Å². The largest absolute Gasteiger partial charge is 0.497 e. The molecular formula is C14H17NOS. The molecule has 0 spiro atoms. The molecule has 1 aromatic carbocycles. The summed E-state index contributed by atoms with van der Waals surface area (Å²) in [7, 11) is 1.68. The molecule has 0 radical (unpaired) electrons. The number of hydrogen-bond donors (Lipinski definition) is 1. The van der Waals surface area contributed by atoms with Crippen LogP contribution in [0.1, 0.15) is 22.7 Å². The van der Waals surface area contributed by atoms with Crippen molar-refractivity contribution >= 4 is 11.3 Å². The lowest BCUT2D eigenvalue weighted by molar-refractivity contribution is 0.414. The number of thiophene rings is 1. The summed E-state index contributed by atoms with van der Waals surface area (Å²) in [6.07, 6.45) is 0.842. The Labute approximate surface area is 106 Å². The van der Waals surface area contributed by atoms with Crippen molar-refractivity contribution in [2.24, 2.45) is 5.73 Å². The minimum Gasteiger partial charge on any atom is -0.497 e. The van der Waals surface area contributed by atoms with Crippen molar-refractivity contribution in [3.05, 3.63) is 51.7 Å². The van der Waals surface area contributed by atoms with E-state index in [0.29, 0.717) is 0 Å². The molecule has 0 fully saturated rings. The fraction of sp³-hybridized carbons (Fsp3) is 0.286. The van der Waals surface area contributed by atoms with Gasteiger partial charge in [-0.1, -0.05) is 12.1 Å². The second-order valence-electron chi connectivity index (χ2n) is 4.17. The van der Waals surface area contributed by atoms with Gasteiger partial charge in [-0.25, -0.2) is 0 Å². The number of ether oxygens (including phenoxy) is 1. The number of rotatable bonds is 4. The predicted molar refractivity (Wildman–Crippen MR) is 72.7 cm³/mol. The minimum absolute atomic E-state index is 0.0633. The number of benzene rings is 1. The maximum Gasteiger partial charge on any atom is 0.119 e. The third-order valence-corrected chi connectivity index (χ3v) is 3.76. The Bertz CT molecular complexity index is 492. The minimum atomic E-state index is 0.0633. The summed E-state index contributed by atoms with van der Waals surface area (Å²) in [5.74, 6) is 0.886. The van der Waals surface area contributed by atoms with Crippen molar-refractivity contribution in [3.8, 4) is 5.75 Å². The van der Waals surface area contributed by atoms with E-state index in [-0.39, 0.29) is 6.04 Å². The highest BCUT2D eigenvalue weighted by atomic mass is 32.1. The molecule has 0 saturated heterocycles. The molecule has 0 aliphatic carbocycles. The molecule has 2 aromatic rings. The fourth-order valence-corrected chi connectivity index (χ4v) is 2.83. The van der Waals surface area contributed by atoms with Crippen molar-refractivity contribution in [1.82, 2.24) is 0 Å². The summed E-state index contributed by atoms with van der Waals surface area (Å²) in [6, 6.07) is 8.14. The first-order valence-electron chi connectivity index (χ1n) is 5.62. The first-order chi connectivity index (χ1) is 8.20. The summed E-state index contributed by atoms with van der Waals surface area (Å²) in [6.45, 7) is 2.11. The summed E-state index contributed by atoms with van der Waals surface area (Å²) in [5.41, 5.74) is 9.97. The van der Waals surface area contributed by atoms with E-state index in [4.69, 9.17) is 10.5 Å². The molecular weight excluding hydrogens is 230 g/mol. The molecule has 0 aliphatic rings. The van der Waals surface area contributed by atoms with Crippen molar-refractivity contribution in [2.45, 2.75) is 19.4 Å². The Morgan fingerprint density at radius 1 is 1.35 bits per heavy atom. The zero-order chi connectivity index (χ0) is 12.3. The van der Waals surface area contributed by atoms with Gasteiger partial charge in [0.15, 0.2) is 0 Å². The third-order valence-electron chi connectivity index (χ3n) is 2.88. The highest BCUT2D eigenvalue weighted by molar-refractivity contribution is 7.08. The number of hydrogen-bond acceptors (Lipinski definition) is 3. The van der Waals surface area contributed by atoms with Gasteiger partial charge in [0, 0.05) is 6.04 Å². The number of methoxy groups -OCH3 is 1. The Morgan fingerprint density at radius 3 is 2.82 bits per heavy atom. The first kappa shape index (κ1) is 12.1. The second kappa shape index (κ2) is 5.34. The maximum absolute atomic E-state index is 6.23. The average molecular weight is 247 g/mol. The van der Waals surface area contributed by atoms with E-state index in [1.807, 2.05) is 18.2 Å². The molecule has 90 valence electrons. The lowest BCUT2D eigenvalue weighted by Gasteiger charge is -2.12. The summed E-state index contributed by atoms with van der Waals surface area (Å²) < 4.78 is 5.21. The van der Waals surface area contributed by atoms with Crippen molar-refractivity contribution in [1.29, 1.82) is 0 Å². The Morgan fingerprint density at radius 2 is 2.18 bits per heavy atom. The van der Waals surface area contributed by atoms with Crippen LogP contribution in [0.15, 0.2) is 35.0 Å². The van der Waals surface area contributed by atoms with Crippen LogP contribution in [-0.2, 0) is 6.42 Å². The van der Waals surface area contributed by atoms with Gasteiger partial charge in [0.05, 0.1) is 7.11 Å². The third kappa shape index (κ3) is 2.87. The highest BCUT2D eigenvalue weighted by Gasteiger charge is 2.10. The molecule has 2 nitrogen and oxygen atoms in total. The normalized spacial score (nSPS) is 12.4. The Hall–Kier alpha value is -1.32. The molecule has 2 rings (SSSR count). The van der Waals surface area contributed by atoms with Crippen LogP contribution in [0.5, 0.6) is 5.75 Å². The average Bonchev–Trinajstić information content (AvgIpc) is 2.76. The van der Waals surface area contributed by atoms with Crippen LogP contribution in [0.3, 0.4) is 0 Å². The van der Waals surface area contributed by atoms with Crippen molar-refractivity contribution in [2.75, 3.05) is 7.11 Å². The molecule has 17 heavy (non-hydrogen) atoms. The van der Waals surface area contributed by atoms with E-state index in [9.17, 15) is 0 Å². The van der Waals surface area contributed by atoms with Gasteiger partial charge in [-0.2, -0.15) is 11.3 Å². The summed E-state index contributed by atoms with van der Waals surface area (Å²) >= 11 is 1.71. The zero-order valence-corrected chi connectivity index (χ0v) is 11.0. The summed E-state index contributed by atoms with van der Waals surface area (Å²) in [4.78, 5) is 0. The van der Waals surface area contributed by atoms with Gasteiger partial charge >= 0.3 is 0 Å². The molecule has 1 heterocycles. The SMILES string of the molecule is COc1cccc(CC(N)c2cscc2C)c1. The summed E-state index contributed by atoms with van der Waals surface area (Å²) in [5, 5.41) is 4.28. The van der Waals surface area contributed by atoms with Crippen LogP contribution in [0.2, 0.25) is 0 Å². The number of nitrogens with two attached hydrogens (primary N) is 1. The number of aryl methyl sites for hydroxylation is 1. The van der Waals surface area contributed by atoms with Crippen LogP contribution in [0.25, 0.3) is 0 Å². The standard InChI is InChI=1S/C14H17NOS/c1-10-8-17-9-13(10)14(15)7-11-4-3-5-12(6-11)16-2/h3-6,8-9,14H,7,15H2,1-2H3. The molecule has 3 heteroatoms. The van der Waals surface area contributed by atoms with Crippen LogP contribution < -0.4 is 10.5 Å². The van der Waals surface area contributed by atoms with Crippen LogP contribution in [0.4, 0.5) is 0 Å². The quantitative estimate of drug-likeness (QED) is 0.899. The Kier molecular flexibility index (Phi) is 3.82. The van der Waals surface area contributed by atoms with Gasteiger partial charge in [-0.15, -0.1) is 0 Å². The molecule has 0 aliphatic heterocycles. The highest BCUT2D eigenvalue weighted by Crippen LogP contribution is 2.24. The van der Waals surface area contributed by atoms with Gasteiger partial charge in [0.1, 0.15) is 5.75 Å². The molecule has 1 aromatic heterocycles. The van der Waals surface area contributed by atoms with E-state index in [2.05, 4.69) is 23.8 Å². The Balaban J connectivity index is 2.13. The smallest absolute Gasteiger partial charge is 0.119 e. The molecule has 2 N–H and O–H groups in total. The van der Waals surface area contributed by atoms with Gasteiger partial charge in [0.2, 0.25) is 0 Å².